The second kappa shape index (κ2) is 14.7. The maximum atomic E-state index is 3.48. The molecule has 0 radical (unpaired) electrons. The lowest BCUT2D eigenvalue weighted by atomic mass is 9.96. The Hall–Kier alpha value is -1.60. The maximum Gasteiger partial charge on any atom is -0.00463 e. The molecular formula is C24H37N. The zero-order valence-corrected chi connectivity index (χ0v) is 16.5. The van der Waals surface area contributed by atoms with E-state index in [2.05, 4.69) is 74.6 Å². The number of rotatable bonds is 10. The van der Waals surface area contributed by atoms with Gasteiger partial charge in [0.2, 0.25) is 0 Å². The van der Waals surface area contributed by atoms with Gasteiger partial charge in [-0.05, 0) is 43.0 Å². The number of benzene rings is 2. The van der Waals surface area contributed by atoms with Crippen LogP contribution in [0.1, 0.15) is 59.3 Å². The molecule has 0 fully saturated rings. The Balaban J connectivity index is 0.000000250. The van der Waals surface area contributed by atoms with Gasteiger partial charge < -0.3 is 5.32 Å². The second-order valence-corrected chi connectivity index (χ2v) is 6.69. The van der Waals surface area contributed by atoms with Crippen molar-refractivity contribution in [1.82, 2.24) is 5.32 Å². The molecule has 1 heteroatoms. The Kier molecular flexibility index (Phi) is 12.6. The topological polar surface area (TPSA) is 12.0 Å². The summed E-state index contributed by atoms with van der Waals surface area (Å²) in [5, 5.41) is 3.48. The highest BCUT2D eigenvalue weighted by molar-refractivity contribution is 5.62. The molecule has 0 bridgehead atoms. The quantitative estimate of drug-likeness (QED) is 0.462. The maximum absolute atomic E-state index is 3.48. The minimum absolute atomic E-state index is 0.962. The van der Waals surface area contributed by atoms with Crippen LogP contribution < -0.4 is 5.32 Å². The van der Waals surface area contributed by atoms with Gasteiger partial charge in [0.25, 0.3) is 0 Å². The summed E-state index contributed by atoms with van der Waals surface area (Å²) in [5.41, 5.74) is 2.55. The van der Waals surface area contributed by atoms with E-state index in [1.54, 1.807) is 0 Å². The highest BCUT2D eigenvalue weighted by atomic mass is 14.8. The molecule has 0 amide bonds. The van der Waals surface area contributed by atoms with Crippen LogP contribution in [0.4, 0.5) is 0 Å². The summed E-state index contributed by atoms with van der Waals surface area (Å²) in [7, 11) is 0. The van der Waals surface area contributed by atoms with Crippen molar-refractivity contribution >= 4 is 0 Å². The van der Waals surface area contributed by atoms with Gasteiger partial charge in [0, 0.05) is 0 Å². The lowest BCUT2D eigenvalue weighted by molar-refractivity contribution is 0.410. The molecule has 0 heterocycles. The van der Waals surface area contributed by atoms with Crippen LogP contribution in [0.2, 0.25) is 0 Å². The normalized spacial score (nSPS) is 11.5. The SMILES string of the molecule is CCCCC(CC)CCNCCC.c1ccc(-c2ccccc2)cc1. The Labute approximate surface area is 155 Å². The van der Waals surface area contributed by atoms with Crippen LogP contribution in [-0.2, 0) is 0 Å². The van der Waals surface area contributed by atoms with Crippen LogP contribution in [0.5, 0.6) is 0 Å². The Morgan fingerprint density at radius 2 is 1.24 bits per heavy atom. The third-order valence-electron chi connectivity index (χ3n) is 4.58. The molecule has 0 aliphatic rings. The molecule has 0 spiro atoms. The Morgan fingerprint density at radius 3 is 1.68 bits per heavy atom. The molecular weight excluding hydrogens is 302 g/mol. The van der Waals surface area contributed by atoms with Crippen molar-refractivity contribution in [2.75, 3.05) is 13.1 Å². The zero-order chi connectivity index (χ0) is 18.2. The van der Waals surface area contributed by atoms with Crippen LogP contribution in [0.25, 0.3) is 11.1 Å². The molecule has 1 atom stereocenters. The lowest BCUT2D eigenvalue weighted by Gasteiger charge is -2.14. The number of hydrogen-bond donors (Lipinski definition) is 1. The number of nitrogens with one attached hydrogen (secondary N) is 1. The predicted octanol–water partition coefficient (Wildman–Crippen LogP) is 6.95. The van der Waals surface area contributed by atoms with Crippen LogP contribution in [0, 0.1) is 5.92 Å². The molecule has 1 N–H and O–H groups in total. The van der Waals surface area contributed by atoms with Crippen LogP contribution in [0.3, 0.4) is 0 Å². The third-order valence-corrected chi connectivity index (χ3v) is 4.58. The van der Waals surface area contributed by atoms with Crippen molar-refractivity contribution in [3.8, 4) is 11.1 Å². The molecule has 0 aromatic heterocycles. The van der Waals surface area contributed by atoms with Gasteiger partial charge >= 0.3 is 0 Å². The molecule has 0 aliphatic heterocycles. The van der Waals surface area contributed by atoms with Crippen molar-refractivity contribution in [3.05, 3.63) is 60.7 Å². The largest absolute Gasteiger partial charge is 0.317 e. The summed E-state index contributed by atoms with van der Waals surface area (Å²) in [6, 6.07) is 20.8. The van der Waals surface area contributed by atoms with Gasteiger partial charge in [-0.2, -0.15) is 0 Å². The monoisotopic (exact) mass is 339 g/mol. The fraction of sp³-hybridized carbons (Fsp3) is 0.500. The summed E-state index contributed by atoms with van der Waals surface area (Å²) >= 11 is 0. The molecule has 2 rings (SSSR count). The summed E-state index contributed by atoms with van der Waals surface area (Å²) < 4.78 is 0. The van der Waals surface area contributed by atoms with E-state index in [4.69, 9.17) is 0 Å². The molecule has 2 aromatic rings. The van der Waals surface area contributed by atoms with Crippen molar-refractivity contribution < 1.29 is 0 Å². The van der Waals surface area contributed by atoms with E-state index < -0.39 is 0 Å². The Bertz CT molecular complexity index is 469. The first-order valence-corrected chi connectivity index (χ1v) is 10.1. The van der Waals surface area contributed by atoms with E-state index in [1.807, 2.05) is 12.1 Å². The Morgan fingerprint density at radius 1 is 0.680 bits per heavy atom. The van der Waals surface area contributed by atoms with E-state index in [1.165, 1.54) is 62.7 Å². The van der Waals surface area contributed by atoms with Gasteiger partial charge in [-0.25, -0.2) is 0 Å². The van der Waals surface area contributed by atoms with E-state index in [9.17, 15) is 0 Å². The van der Waals surface area contributed by atoms with Crippen LogP contribution >= 0.6 is 0 Å². The first-order valence-electron chi connectivity index (χ1n) is 10.1. The lowest BCUT2D eigenvalue weighted by Crippen LogP contribution is -2.18. The fourth-order valence-corrected chi connectivity index (χ4v) is 2.91. The summed E-state index contributed by atoms with van der Waals surface area (Å²) in [4.78, 5) is 0. The van der Waals surface area contributed by atoms with Crippen LogP contribution in [0.15, 0.2) is 60.7 Å². The molecule has 0 saturated carbocycles. The molecule has 0 saturated heterocycles. The molecule has 138 valence electrons. The standard InChI is InChI=1S/C12H27N.C12H10/c1-4-7-8-12(6-3)9-11-13-10-5-2;1-3-7-11(8-4-1)12-9-5-2-6-10-12/h12-13H,4-11H2,1-3H3;1-10H. The van der Waals surface area contributed by atoms with E-state index in [-0.39, 0.29) is 0 Å². The molecule has 25 heavy (non-hydrogen) atoms. The number of unbranched alkanes of at least 4 members (excludes halogenated alkanes) is 1. The van der Waals surface area contributed by atoms with E-state index >= 15 is 0 Å². The van der Waals surface area contributed by atoms with E-state index in [0.717, 1.165) is 5.92 Å². The van der Waals surface area contributed by atoms with Crippen molar-refractivity contribution in [1.29, 1.82) is 0 Å². The van der Waals surface area contributed by atoms with Gasteiger partial charge in [0.1, 0.15) is 0 Å². The second-order valence-electron chi connectivity index (χ2n) is 6.69. The van der Waals surface area contributed by atoms with Gasteiger partial charge in [-0.3, -0.25) is 0 Å². The summed E-state index contributed by atoms with van der Waals surface area (Å²) in [6.07, 6.45) is 8.17. The molecule has 1 unspecified atom stereocenters. The minimum atomic E-state index is 0.962. The predicted molar refractivity (Wildman–Crippen MR) is 113 cm³/mol. The fourth-order valence-electron chi connectivity index (χ4n) is 2.91. The van der Waals surface area contributed by atoms with Crippen molar-refractivity contribution in [3.63, 3.8) is 0 Å². The average Bonchev–Trinajstić information content (AvgIpc) is 2.69. The number of hydrogen-bond acceptors (Lipinski definition) is 1. The minimum Gasteiger partial charge on any atom is -0.317 e. The van der Waals surface area contributed by atoms with Crippen molar-refractivity contribution in [2.45, 2.75) is 59.3 Å². The highest BCUT2D eigenvalue weighted by Crippen LogP contribution is 2.17. The average molecular weight is 340 g/mol. The summed E-state index contributed by atoms with van der Waals surface area (Å²) in [5.74, 6) is 0.962. The van der Waals surface area contributed by atoms with Crippen LogP contribution in [-0.4, -0.2) is 13.1 Å². The zero-order valence-electron chi connectivity index (χ0n) is 16.5. The van der Waals surface area contributed by atoms with Crippen molar-refractivity contribution in [2.24, 2.45) is 5.92 Å². The summed E-state index contributed by atoms with van der Waals surface area (Å²) in [6.45, 7) is 9.23. The molecule has 2 aromatic carbocycles. The van der Waals surface area contributed by atoms with E-state index in [0.29, 0.717) is 0 Å². The van der Waals surface area contributed by atoms with Gasteiger partial charge in [0.05, 0.1) is 0 Å². The highest BCUT2D eigenvalue weighted by Gasteiger charge is 2.04. The first-order chi connectivity index (χ1) is 12.3. The smallest absolute Gasteiger partial charge is 0.00463 e. The molecule has 0 aliphatic carbocycles. The van der Waals surface area contributed by atoms with Gasteiger partial charge in [-0.15, -0.1) is 0 Å². The van der Waals surface area contributed by atoms with Gasteiger partial charge in [-0.1, -0.05) is 107 Å². The first kappa shape index (κ1) is 21.4. The molecule has 1 nitrogen and oxygen atoms in total. The van der Waals surface area contributed by atoms with Gasteiger partial charge in [0.15, 0.2) is 0 Å². The third kappa shape index (κ3) is 10.1.